The lowest BCUT2D eigenvalue weighted by Gasteiger charge is -2.15. The molecule has 100 valence electrons. The summed E-state index contributed by atoms with van der Waals surface area (Å²) < 4.78 is 0. The van der Waals surface area contributed by atoms with Crippen molar-refractivity contribution >= 4 is 23.1 Å². The van der Waals surface area contributed by atoms with Crippen LogP contribution in [0.4, 0.5) is 0 Å². The summed E-state index contributed by atoms with van der Waals surface area (Å²) in [5, 5.41) is 17.1. The van der Waals surface area contributed by atoms with Gasteiger partial charge in [0, 0.05) is 24.0 Å². The van der Waals surface area contributed by atoms with Gasteiger partial charge in [-0.25, -0.2) is 4.98 Å². The standard InChI is InChI=1S/C11H18N4O2S/c1-3-8(9(12)15-17)10(16)14-6-7(2)11-13-4-5-18-11/h4-5,7-8,17H,3,6H2,1-2H3,(H2,12,15)(H,14,16). The maximum Gasteiger partial charge on any atom is 0.230 e. The molecule has 0 spiro atoms. The Kier molecular flexibility index (Phi) is 5.57. The molecule has 0 saturated carbocycles. The average molecular weight is 270 g/mol. The number of rotatable bonds is 6. The van der Waals surface area contributed by atoms with E-state index >= 15 is 0 Å². The zero-order chi connectivity index (χ0) is 13.5. The molecule has 6 nitrogen and oxygen atoms in total. The minimum absolute atomic E-state index is 0.0584. The van der Waals surface area contributed by atoms with Crippen LogP contribution in [0.1, 0.15) is 31.2 Å². The molecule has 0 bridgehead atoms. The molecule has 1 rings (SSSR count). The van der Waals surface area contributed by atoms with Gasteiger partial charge in [-0.3, -0.25) is 4.79 Å². The van der Waals surface area contributed by atoms with Crippen molar-refractivity contribution in [2.45, 2.75) is 26.2 Å². The number of carbonyl (C=O) groups excluding carboxylic acids is 1. The maximum absolute atomic E-state index is 11.8. The summed E-state index contributed by atoms with van der Waals surface area (Å²) in [6.45, 7) is 4.29. The third-order valence-corrected chi connectivity index (χ3v) is 3.66. The fourth-order valence-electron chi connectivity index (χ4n) is 1.54. The number of nitrogens with one attached hydrogen (secondary N) is 1. The smallest absolute Gasteiger partial charge is 0.230 e. The Morgan fingerprint density at radius 2 is 2.44 bits per heavy atom. The van der Waals surface area contributed by atoms with Crippen LogP contribution >= 0.6 is 11.3 Å². The molecule has 0 aliphatic carbocycles. The first-order chi connectivity index (χ1) is 8.60. The largest absolute Gasteiger partial charge is 0.409 e. The number of hydrogen-bond acceptors (Lipinski definition) is 5. The second-order valence-electron chi connectivity index (χ2n) is 4.00. The minimum Gasteiger partial charge on any atom is -0.409 e. The Morgan fingerprint density at radius 1 is 1.72 bits per heavy atom. The lowest BCUT2D eigenvalue weighted by Crippen LogP contribution is -2.39. The van der Waals surface area contributed by atoms with Crippen LogP contribution in [0.15, 0.2) is 16.7 Å². The molecule has 0 saturated heterocycles. The van der Waals surface area contributed by atoms with Crippen molar-refractivity contribution < 1.29 is 10.0 Å². The first-order valence-corrected chi connectivity index (χ1v) is 6.62. The van der Waals surface area contributed by atoms with E-state index < -0.39 is 5.92 Å². The van der Waals surface area contributed by atoms with Gasteiger partial charge in [0.05, 0.1) is 10.9 Å². The van der Waals surface area contributed by atoms with Crippen molar-refractivity contribution in [1.82, 2.24) is 10.3 Å². The number of carbonyl (C=O) groups is 1. The van der Waals surface area contributed by atoms with E-state index in [2.05, 4.69) is 15.5 Å². The molecule has 7 heteroatoms. The molecule has 2 atom stereocenters. The second kappa shape index (κ2) is 6.95. The van der Waals surface area contributed by atoms with Gasteiger partial charge in [0.15, 0.2) is 5.84 Å². The van der Waals surface area contributed by atoms with E-state index in [1.807, 2.05) is 19.2 Å². The van der Waals surface area contributed by atoms with Gasteiger partial charge in [-0.05, 0) is 6.42 Å². The van der Waals surface area contributed by atoms with Crippen LogP contribution in [-0.2, 0) is 4.79 Å². The number of oxime groups is 1. The van der Waals surface area contributed by atoms with E-state index in [4.69, 9.17) is 10.9 Å². The summed E-state index contributed by atoms with van der Waals surface area (Å²) in [6.07, 6.45) is 2.23. The highest BCUT2D eigenvalue weighted by Gasteiger charge is 2.21. The number of nitrogens with two attached hydrogens (primary N) is 1. The molecular weight excluding hydrogens is 252 g/mol. The van der Waals surface area contributed by atoms with Gasteiger partial charge in [0.25, 0.3) is 0 Å². The van der Waals surface area contributed by atoms with E-state index in [1.54, 1.807) is 17.5 Å². The number of hydrogen-bond donors (Lipinski definition) is 3. The Morgan fingerprint density at radius 3 is 2.94 bits per heavy atom. The second-order valence-corrected chi connectivity index (χ2v) is 4.93. The topological polar surface area (TPSA) is 101 Å². The SMILES string of the molecule is CCC(C(=O)NCC(C)c1nccs1)/C(N)=N/O. The van der Waals surface area contributed by atoms with Crippen LogP contribution in [0.25, 0.3) is 0 Å². The quantitative estimate of drug-likeness (QED) is 0.312. The molecule has 2 unspecified atom stereocenters. The van der Waals surface area contributed by atoms with Gasteiger partial charge in [0.1, 0.15) is 0 Å². The number of amides is 1. The van der Waals surface area contributed by atoms with Crippen LogP contribution in [0.5, 0.6) is 0 Å². The lowest BCUT2D eigenvalue weighted by molar-refractivity contribution is -0.123. The summed E-state index contributed by atoms with van der Waals surface area (Å²) in [5.74, 6) is -0.717. The van der Waals surface area contributed by atoms with E-state index in [9.17, 15) is 4.79 Å². The third kappa shape index (κ3) is 3.69. The molecule has 1 aromatic rings. The molecule has 4 N–H and O–H groups in total. The first-order valence-electron chi connectivity index (χ1n) is 5.74. The molecule has 1 amide bonds. The van der Waals surface area contributed by atoms with Crippen LogP contribution in [0.2, 0.25) is 0 Å². The molecule has 0 aliphatic rings. The number of thiazole rings is 1. The predicted molar refractivity (Wildman–Crippen MR) is 70.7 cm³/mol. The first kappa shape index (κ1) is 14.4. The van der Waals surface area contributed by atoms with E-state index in [0.29, 0.717) is 13.0 Å². The fourth-order valence-corrected chi connectivity index (χ4v) is 2.24. The monoisotopic (exact) mass is 270 g/mol. The van der Waals surface area contributed by atoms with Gasteiger partial charge >= 0.3 is 0 Å². The normalized spacial score (nSPS) is 15.1. The zero-order valence-electron chi connectivity index (χ0n) is 10.5. The summed E-state index contributed by atoms with van der Waals surface area (Å²) in [7, 11) is 0. The van der Waals surface area contributed by atoms with Crippen molar-refractivity contribution in [1.29, 1.82) is 0 Å². The van der Waals surface area contributed by atoms with Crippen LogP contribution in [-0.4, -0.2) is 28.5 Å². The molecule has 18 heavy (non-hydrogen) atoms. The summed E-state index contributed by atoms with van der Waals surface area (Å²) in [5.41, 5.74) is 5.46. The maximum atomic E-state index is 11.8. The molecule has 0 radical (unpaired) electrons. The van der Waals surface area contributed by atoms with Crippen LogP contribution in [0.3, 0.4) is 0 Å². The Bertz CT molecular complexity index is 405. The summed E-state index contributed by atoms with van der Waals surface area (Å²) in [4.78, 5) is 16.0. The zero-order valence-corrected chi connectivity index (χ0v) is 11.3. The van der Waals surface area contributed by atoms with Crippen LogP contribution in [0, 0.1) is 5.92 Å². The van der Waals surface area contributed by atoms with Gasteiger partial charge < -0.3 is 16.3 Å². The minimum atomic E-state index is -0.585. The average Bonchev–Trinajstić information content (AvgIpc) is 2.90. The highest BCUT2D eigenvalue weighted by atomic mass is 32.1. The van der Waals surface area contributed by atoms with Crippen molar-refractivity contribution in [2.24, 2.45) is 16.8 Å². The molecule has 1 heterocycles. The Hall–Kier alpha value is -1.63. The summed E-state index contributed by atoms with van der Waals surface area (Å²) in [6, 6.07) is 0. The van der Waals surface area contributed by atoms with Gasteiger partial charge in [-0.1, -0.05) is 19.0 Å². The van der Waals surface area contributed by atoms with E-state index in [1.165, 1.54) is 0 Å². The predicted octanol–water partition coefficient (Wildman–Crippen LogP) is 1.14. The molecule has 0 aliphatic heterocycles. The number of nitrogens with zero attached hydrogens (tertiary/aromatic N) is 2. The molecular formula is C11H18N4O2S. The Labute approximate surface area is 110 Å². The molecule has 0 aromatic carbocycles. The molecule has 0 fully saturated rings. The lowest BCUT2D eigenvalue weighted by atomic mass is 10.0. The van der Waals surface area contributed by atoms with Gasteiger partial charge in [-0.15, -0.1) is 11.3 Å². The highest BCUT2D eigenvalue weighted by Crippen LogP contribution is 2.16. The van der Waals surface area contributed by atoms with Crippen LogP contribution < -0.4 is 11.1 Å². The van der Waals surface area contributed by atoms with Gasteiger partial charge in [0.2, 0.25) is 5.91 Å². The van der Waals surface area contributed by atoms with E-state index in [0.717, 1.165) is 5.01 Å². The van der Waals surface area contributed by atoms with Crippen molar-refractivity contribution in [3.05, 3.63) is 16.6 Å². The van der Waals surface area contributed by atoms with Crippen molar-refractivity contribution in [3.8, 4) is 0 Å². The third-order valence-electron chi connectivity index (χ3n) is 2.65. The van der Waals surface area contributed by atoms with Crippen molar-refractivity contribution in [2.75, 3.05) is 6.54 Å². The number of aromatic nitrogens is 1. The van der Waals surface area contributed by atoms with Crippen molar-refractivity contribution in [3.63, 3.8) is 0 Å². The van der Waals surface area contributed by atoms with Gasteiger partial charge in [-0.2, -0.15) is 0 Å². The Balaban J connectivity index is 2.50. The van der Waals surface area contributed by atoms with E-state index in [-0.39, 0.29) is 17.7 Å². The highest BCUT2D eigenvalue weighted by molar-refractivity contribution is 7.09. The summed E-state index contributed by atoms with van der Waals surface area (Å²) >= 11 is 1.56. The fraction of sp³-hybridized carbons (Fsp3) is 0.545. The number of amidine groups is 1. The molecule has 1 aromatic heterocycles.